The first-order valence-electron chi connectivity index (χ1n) is 7.70. The second-order valence-electron chi connectivity index (χ2n) is 5.62. The quantitative estimate of drug-likeness (QED) is 0.746. The molecule has 0 aliphatic heterocycles. The maximum absolute atomic E-state index is 9.48. The fourth-order valence-electron chi connectivity index (χ4n) is 2.76. The summed E-state index contributed by atoms with van der Waals surface area (Å²) in [7, 11) is 0. The van der Waals surface area contributed by atoms with Crippen molar-refractivity contribution in [3.05, 3.63) is 11.8 Å². The summed E-state index contributed by atoms with van der Waals surface area (Å²) in [6, 6.07) is 2.29. The minimum absolute atomic E-state index is 0.253. The number of rotatable bonds is 6. The lowest BCUT2D eigenvalue weighted by molar-refractivity contribution is 0.178. The van der Waals surface area contributed by atoms with E-state index in [4.69, 9.17) is 0 Å². The molecule has 0 amide bonds. The number of nitrogens with zero attached hydrogens (tertiary/aromatic N) is 2. The molecule has 3 N–H and O–H groups in total. The molecule has 20 heavy (non-hydrogen) atoms. The van der Waals surface area contributed by atoms with Gasteiger partial charge in [-0.1, -0.05) is 19.8 Å². The summed E-state index contributed by atoms with van der Waals surface area (Å²) in [5.41, 5.74) is 0.956. The topological polar surface area (TPSA) is 70.1 Å². The summed E-state index contributed by atoms with van der Waals surface area (Å²) < 4.78 is 0. The second kappa shape index (κ2) is 7.43. The zero-order chi connectivity index (χ0) is 14.4. The molecule has 5 nitrogen and oxygen atoms in total. The molecule has 0 saturated heterocycles. The van der Waals surface area contributed by atoms with Crippen molar-refractivity contribution in [2.75, 3.05) is 23.8 Å². The maximum Gasteiger partial charge on any atom is 0.224 e. The van der Waals surface area contributed by atoms with Gasteiger partial charge in [0.15, 0.2) is 0 Å². The van der Waals surface area contributed by atoms with Crippen LogP contribution in [0.5, 0.6) is 0 Å². The first-order chi connectivity index (χ1) is 9.72. The van der Waals surface area contributed by atoms with Crippen molar-refractivity contribution in [2.24, 2.45) is 5.92 Å². The van der Waals surface area contributed by atoms with Crippen molar-refractivity contribution in [2.45, 2.75) is 52.0 Å². The standard InChI is InChI=1S/C15H26N4O/c1-3-8-16-15-17-11(2)9-14(19-15)18-13-7-5-4-6-12(13)10-20/h9,12-13,20H,3-8,10H2,1-2H3,(H2,16,17,18,19). The molecule has 0 spiro atoms. The molecule has 1 saturated carbocycles. The van der Waals surface area contributed by atoms with Gasteiger partial charge in [0.05, 0.1) is 0 Å². The van der Waals surface area contributed by atoms with E-state index in [1.54, 1.807) is 0 Å². The van der Waals surface area contributed by atoms with E-state index in [0.717, 1.165) is 37.3 Å². The Bertz CT molecular complexity index is 424. The van der Waals surface area contributed by atoms with Crippen molar-refractivity contribution in [1.29, 1.82) is 0 Å². The van der Waals surface area contributed by atoms with Crippen LogP contribution in [0.2, 0.25) is 0 Å². The summed E-state index contributed by atoms with van der Waals surface area (Å²) in [6.45, 7) is 5.23. The van der Waals surface area contributed by atoms with Gasteiger partial charge < -0.3 is 15.7 Å². The number of aryl methyl sites for hydroxylation is 1. The number of anilines is 2. The first-order valence-corrected chi connectivity index (χ1v) is 7.70. The van der Waals surface area contributed by atoms with Gasteiger partial charge in [0.2, 0.25) is 5.95 Å². The highest BCUT2D eigenvalue weighted by molar-refractivity contribution is 5.43. The number of aliphatic hydroxyl groups is 1. The zero-order valence-corrected chi connectivity index (χ0v) is 12.5. The molecule has 112 valence electrons. The van der Waals surface area contributed by atoms with Crippen LogP contribution in [-0.4, -0.2) is 34.3 Å². The summed E-state index contributed by atoms with van der Waals surface area (Å²) in [5, 5.41) is 16.2. The van der Waals surface area contributed by atoms with E-state index in [9.17, 15) is 5.11 Å². The highest BCUT2D eigenvalue weighted by Gasteiger charge is 2.24. The number of aliphatic hydroxyl groups excluding tert-OH is 1. The van der Waals surface area contributed by atoms with Crippen LogP contribution in [-0.2, 0) is 0 Å². The lowest BCUT2D eigenvalue weighted by Gasteiger charge is -2.31. The summed E-state index contributed by atoms with van der Waals surface area (Å²) in [4.78, 5) is 8.91. The molecule has 2 atom stereocenters. The Balaban J connectivity index is 2.05. The van der Waals surface area contributed by atoms with E-state index < -0.39 is 0 Å². The molecule has 2 rings (SSSR count). The van der Waals surface area contributed by atoms with Crippen LogP contribution in [0.1, 0.15) is 44.7 Å². The van der Waals surface area contributed by atoms with Crippen LogP contribution >= 0.6 is 0 Å². The van der Waals surface area contributed by atoms with E-state index >= 15 is 0 Å². The Labute approximate surface area is 121 Å². The van der Waals surface area contributed by atoms with Crippen molar-refractivity contribution >= 4 is 11.8 Å². The van der Waals surface area contributed by atoms with Crippen LogP contribution in [0.25, 0.3) is 0 Å². The number of hydrogen-bond acceptors (Lipinski definition) is 5. The Morgan fingerprint density at radius 1 is 1.30 bits per heavy atom. The minimum atomic E-state index is 0.253. The lowest BCUT2D eigenvalue weighted by Crippen LogP contribution is -2.34. The van der Waals surface area contributed by atoms with Crippen molar-refractivity contribution < 1.29 is 5.11 Å². The molecule has 1 aliphatic carbocycles. The molecule has 1 aromatic heterocycles. The van der Waals surface area contributed by atoms with E-state index in [1.165, 1.54) is 12.8 Å². The largest absolute Gasteiger partial charge is 0.396 e. The predicted octanol–water partition coefficient (Wildman–Crippen LogP) is 2.57. The number of hydrogen-bond donors (Lipinski definition) is 3. The molecule has 5 heteroatoms. The third-order valence-corrected chi connectivity index (χ3v) is 3.86. The van der Waals surface area contributed by atoms with Gasteiger partial charge >= 0.3 is 0 Å². The second-order valence-corrected chi connectivity index (χ2v) is 5.62. The SMILES string of the molecule is CCCNc1nc(C)cc(NC2CCCCC2CO)n1. The molecule has 1 aliphatic rings. The van der Waals surface area contributed by atoms with Gasteiger partial charge in [0, 0.05) is 36.9 Å². The lowest BCUT2D eigenvalue weighted by atomic mass is 9.85. The number of nitrogens with one attached hydrogen (secondary N) is 2. The monoisotopic (exact) mass is 278 g/mol. The molecule has 1 fully saturated rings. The normalized spacial score (nSPS) is 22.6. The van der Waals surface area contributed by atoms with Crippen molar-refractivity contribution in [1.82, 2.24) is 9.97 Å². The van der Waals surface area contributed by atoms with Crippen LogP contribution in [0, 0.1) is 12.8 Å². The average Bonchev–Trinajstić information content (AvgIpc) is 2.45. The van der Waals surface area contributed by atoms with Gasteiger partial charge in [-0.05, 0) is 26.2 Å². The van der Waals surface area contributed by atoms with E-state index in [0.29, 0.717) is 17.9 Å². The van der Waals surface area contributed by atoms with E-state index in [2.05, 4.69) is 27.5 Å². The van der Waals surface area contributed by atoms with Gasteiger partial charge in [-0.15, -0.1) is 0 Å². The van der Waals surface area contributed by atoms with Gasteiger partial charge in [0.25, 0.3) is 0 Å². The van der Waals surface area contributed by atoms with Crippen molar-refractivity contribution in [3.8, 4) is 0 Å². The summed E-state index contributed by atoms with van der Waals surface area (Å²) in [6.07, 6.45) is 5.69. The number of aromatic nitrogens is 2. The van der Waals surface area contributed by atoms with Gasteiger partial charge in [0.1, 0.15) is 5.82 Å². The molecule has 0 radical (unpaired) electrons. The zero-order valence-electron chi connectivity index (χ0n) is 12.5. The van der Waals surface area contributed by atoms with Gasteiger partial charge in [-0.2, -0.15) is 4.98 Å². The molecule has 0 aromatic carbocycles. The fraction of sp³-hybridized carbons (Fsp3) is 0.733. The van der Waals surface area contributed by atoms with E-state index in [1.807, 2.05) is 13.0 Å². The fourth-order valence-corrected chi connectivity index (χ4v) is 2.76. The highest BCUT2D eigenvalue weighted by atomic mass is 16.3. The van der Waals surface area contributed by atoms with Crippen molar-refractivity contribution in [3.63, 3.8) is 0 Å². The van der Waals surface area contributed by atoms with Gasteiger partial charge in [-0.25, -0.2) is 4.98 Å². The van der Waals surface area contributed by atoms with Crippen LogP contribution < -0.4 is 10.6 Å². The molecular weight excluding hydrogens is 252 g/mol. The maximum atomic E-state index is 9.48. The highest BCUT2D eigenvalue weighted by Crippen LogP contribution is 2.26. The molecule has 1 heterocycles. The third-order valence-electron chi connectivity index (χ3n) is 3.86. The smallest absolute Gasteiger partial charge is 0.224 e. The van der Waals surface area contributed by atoms with Crippen LogP contribution in [0.4, 0.5) is 11.8 Å². The Morgan fingerprint density at radius 2 is 2.10 bits per heavy atom. The van der Waals surface area contributed by atoms with E-state index in [-0.39, 0.29) is 6.61 Å². The summed E-state index contributed by atoms with van der Waals surface area (Å²) >= 11 is 0. The molecule has 1 aromatic rings. The van der Waals surface area contributed by atoms with Gasteiger partial charge in [-0.3, -0.25) is 0 Å². The molecular formula is C15H26N4O. The average molecular weight is 278 g/mol. The third kappa shape index (κ3) is 4.07. The molecule has 2 unspecified atom stereocenters. The molecule has 0 bridgehead atoms. The Hall–Kier alpha value is -1.36. The van der Waals surface area contributed by atoms with Crippen LogP contribution in [0.3, 0.4) is 0 Å². The minimum Gasteiger partial charge on any atom is -0.396 e. The Kier molecular flexibility index (Phi) is 5.59. The summed E-state index contributed by atoms with van der Waals surface area (Å²) in [5.74, 6) is 1.89. The Morgan fingerprint density at radius 3 is 2.85 bits per heavy atom. The predicted molar refractivity (Wildman–Crippen MR) is 82.0 cm³/mol. The van der Waals surface area contributed by atoms with Crippen LogP contribution in [0.15, 0.2) is 6.07 Å². The first kappa shape index (κ1) is 15.0.